The molecular weight excluding hydrogens is 316 g/mol. The highest BCUT2D eigenvalue weighted by Crippen LogP contribution is 2.21. The van der Waals surface area contributed by atoms with Gasteiger partial charge >= 0.3 is 5.97 Å². The normalized spacial score (nSPS) is 11.2. The summed E-state index contributed by atoms with van der Waals surface area (Å²) in [5.74, 6) is -0.688. The molecule has 2 rings (SSSR count). The number of esters is 1. The first-order valence-corrected chi connectivity index (χ1v) is 8.57. The van der Waals surface area contributed by atoms with Crippen LogP contribution in [0.25, 0.3) is 10.9 Å². The van der Waals surface area contributed by atoms with Crippen molar-refractivity contribution in [2.24, 2.45) is 0 Å². The van der Waals surface area contributed by atoms with E-state index in [2.05, 4.69) is 4.98 Å². The van der Waals surface area contributed by atoms with Gasteiger partial charge in [0.15, 0.2) is 6.61 Å². The lowest BCUT2D eigenvalue weighted by molar-refractivity contribution is -0.138. The predicted octanol–water partition coefficient (Wildman–Crippen LogP) is 3.65. The number of aryl methyl sites for hydroxylation is 2. The number of benzene rings is 1. The van der Waals surface area contributed by atoms with E-state index in [0.29, 0.717) is 5.56 Å². The van der Waals surface area contributed by atoms with Crippen molar-refractivity contribution < 1.29 is 14.3 Å². The molecule has 0 N–H and O–H groups in total. The van der Waals surface area contributed by atoms with Crippen LogP contribution in [0.1, 0.15) is 49.3 Å². The van der Waals surface area contributed by atoms with E-state index in [4.69, 9.17) is 4.74 Å². The summed E-state index contributed by atoms with van der Waals surface area (Å²) >= 11 is 0. The van der Waals surface area contributed by atoms with Gasteiger partial charge in [0.05, 0.1) is 11.1 Å². The number of fused-ring (bicyclic) bond motifs is 1. The first kappa shape index (κ1) is 18.9. The van der Waals surface area contributed by atoms with E-state index in [1.165, 1.54) is 0 Å². The quantitative estimate of drug-likeness (QED) is 0.778. The van der Waals surface area contributed by atoms with Gasteiger partial charge in [-0.2, -0.15) is 0 Å². The summed E-state index contributed by atoms with van der Waals surface area (Å²) in [6.45, 7) is 11.3. The SMILES string of the molecule is Cc1ccc2nc(C)cc(C(=O)OCC(=O)N(C(C)C)C(C)C)c2c1. The zero-order valence-electron chi connectivity index (χ0n) is 15.8. The number of aromatic nitrogens is 1. The van der Waals surface area contributed by atoms with Crippen molar-refractivity contribution in [2.75, 3.05) is 6.61 Å². The third-order valence-corrected chi connectivity index (χ3v) is 4.04. The molecule has 0 aliphatic heterocycles. The fraction of sp³-hybridized carbons (Fsp3) is 0.450. The Kier molecular flexibility index (Phi) is 5.77. The van der Waals surface area contributed by atoms with Gasteiger partial charge in [0, 0.05) is 23.2 Å². The van der Waals surface area contributed by atoms with Crippen molar-refractivity contribution in [1.82, 2.24) is 9.88 Å². The second-order valence-electron chi connectivity index (χ2n) is 6.90. The molecule has 5 nitrogen and oxygen atoms in total. The molecule has 134 valence electrons. The molecule has 0 spiro atoms. The van der Waals surface area contributed by atoms with Crippen molar-refractivity contribution in [3.05, 3.63) is 41.1 Å². The van der Waals surface area contributed by atoms with Crippen LogP contribution in [0, 0.1) is 13.8 Å². The Hall–Kier alpha value is -2.43. The predicted molar refractivity (Wildman–Crippen MR) is 98.6 cm³/mol. The van der Waals surface area contributed by atoms with E-state index in [1.54, 1.807) is 11.0 Å². The molecule has 1 aromatic carbocycles. The van der Waals surface area contributed by atoms with Crippen LogP contribution in [-0.4, -0.2) is 40.5 Å². The largest absolute Gasteiger partial charge is 0.452 e. The van der Waals surface area contributed by atoms with E-state index >= 15 is 0 Å². The summed E-state index contributed by atoms with van der Waals surface area (Å²) in [4.78, 5) is 31.1. The number of rotatable bonds is 5. The molecule has 0 aliphatic rings. The summed E-state index contributed by atoms with van der Waals surface area (Å²) in [5, 5.41) is 0.743. The van der Waals surface area contributed by atoms with Crippen molar-refractivity contribution >= 4 is 22.8 Å². The molecule has 25 heavy (non-hydrogen) atoms. The number of carbonyl (C=O) groups is 2. The van der Waals surface area contributed by atoms with Crippen molar-refractivity contribution in [3.8, 4) is 0 Å². The minimum absolute atomic E-state index is 0.0536. The number of hydrogen-bond acceptors (Lipinski definition) is 4. The summed E-state index contributed by atoms with van der Waals surface area (Å²) in [6.07, 6.45) is 0. The molecule has 0 saturated carbocycles. The molecule has 0 atom stereocenters. The molecule has 1 heterocycles. The number of pyridine rings is 1. The summed E-state index contributed by atoms with van der Waals surface area (Å²) in [6, 6.07) is 7.57. The maximum Gasteiger partial charge on any atom is 0.339 e. The van der Waals surface area contributed by atoms with Gasteiger partial charge in [-0.05, 0) is 59.7 Å². The zero-order chi connectivity index (χ0) is 18.7. The Bertz CT molecular complexity index is 789. The molecule has 1 amide bonds. The van der Waals surface area contributed by atoms with Crippen molar-refractivity contribution in [3.63, 3.8) is 0 Å². The number of ether oxygens (including phenoxy) is 1. The standard InChI is InChI=1S/C20H26N2O3/c1-12(2)22(13(3)4)19(23)11-25-20(24)17-10-15(6)21-18-8-7-14(5)9-16(17)18/h7-10,12-13H,11H2,1-6H3. The van der Waals surface area contributed by atoms with Gasteiger partial charge in [0.1, 0.15) is 0 Å². The lowest BCUT2D eigenvalue weighted by Crippen LogP contribution is -2.44. The highest BCUT2D eigenvalue weighted by Gasteiger charge is 2.22. The first-order valence-electron chi connectivity index (χ1n) is 8.57. The van der Waals surface area contributed by atoms with E-state index < -0.39 is 5.97 Å². The number of nitrogens with zero attached hydrogens (tertiary/aromatic N) is 2. The van der Waals surface area contributed by atoms with Gasteiger partial charge in [-0.1, -0.05) is 11.6 Å². The third-order valence-electron chi connectivity index (χ3n) is 4.04. The van der Waals surface area contributed by atoms with E-state index in [-0.39, 0.29) is 24.6 Å². The van der Waals surface area contributed by atoms with Crippen LogP contribution in [0.5, 0.6) is 0 Å². The van der Waals surface area contributed by atoms with Gasteiger partial charge in [0.2, 0.25) is 0 Å². The van der Waals surface area contributed by atoms with Crippen molar-refractivity contribution in [2.45, 2.75) is 53.6 Å². The Labute approximate surface area is 149 Å². The molecule has 2 aromatic rings. The molecule has 0 aliphatic carbocycles. The molecule has 1 aromatic heterocycles. The topological polar surface area (TPSA) is 59.5 Å². The van der Waals surface area contributed by atoms with Gasteiger partial charge < -0.3 is 9.64 Å². The highest BCUT2D eigenvalue weighted by atomic mass is 16.5. The number of hydrogen-bond donors (Lipinski definition) is 0. The van der Waals surface area contributed by atoms with Crippen LogP contribution in [-0.2, 0) is 9.53 Å². The average Bonchev–Trinajstić information content (AvgIpc) is 2.51. The van der Waals surface area contributed by atoms with E-state index in [9.17, 15) is 9.59 Å². The Morgan fingerprint density at radius 3 is 2.32 bits per heavy atom. The first-order chi connectivity index (χ1) is 11.7. The summed E-state index contributed by atoms with van der Waals surface area (Å²) < 4.78 is 5.32. The van der Waals surface area contributed by atoms with Crippen LogP contribution >= 0.6 is 0 Å². The minimum atomic E-state index is -0.498. The second kappa shape index (κ2) is 7.64. The van der Waals surface area contributed by atoms with Crippen LogP contribution in [0.15, 0.2) is 24.3 Å². The maximum atomic E-state index is 12.6. The molecule has 0 unspecified atom stereocenters. The van der Waals surface area contributed by atoms with E-state index in [0.717, 1.165) is 22.2 Å². The fourth-order valence-corrected chi connectivity index (χ4v) is 3.09. The van der Waals surface area contributed by atoms with Crippen LogP contribution in [0.2, 0.25) is 0 Å². The monoisotopic (exact) mass is 342 g/mol. The smallest absolute Gasteiger partial charge is 0.339 e. The Morgan fingerprint density at radius 1 is 1.08 bits per heavy atom. The molecule has 0 radical (unpaired) electrons. The molecule has 0 bridgehead atoms. The summed E-state index contributed by atoms with van der Waals surface area (Å²) in [5.41, 5.74) is 2.96. The number of amides is 1. The van der Waals surface area contributed by atoms with Crippen LogP contribution in [0.3, 0.4) is 0 Å². The maximum absolute atomic E-state index is 12.6. The minimum Gasteiger partial charge on any atom is -0.452 e. The van der Waals surface area contributed by atoms with Crippen LogP contribution in [0.4, 0.5) is 0 Å². The molecule has 0 fully saturated rings. The van der Waals surface area contributed by atoms with Gasteiger partial charge in [-0.3, -0.25) is 9.78 Å². The van der Waals surface area contributed by atoms with Gasteiger partial charge in [-0.25, -0.2) is 4.79 Å². The van der Waals surface area contributed by atoms with Gasteiger partial charge in [-0.15, -0.1) is 0 Å². The van der Waals surface area contributed by atoms with Crippen LogP contribution < -0.4 is 0 Å². The Balaban J connectivity index is 2.23. The van der Waals surface area contributed by atoms with Crippen molar-refractivity contribution in [1.29, 1.82) is 0 Å². The third kappa shape index (κ3) is 4.35. The summed E-state index contributed by atoms with van der Waals surface area (Å²) in [7, 11) is 0. The lowest BCUT2D eigenvalue weighted by atomic mass is 10.1. The fourth-order valence-electron chi connectivity index (χ4n) is 3.09. The molecular formula is C20H26N2O3. The Morgan fingerprint density at radius 2 is 1.72 bits per heavy atom. The zero-order valence-corrected chi connectivity index (χ0v) is 15.8. The molecule has 5 heteroatoms. The molecule has 0 saturated heterocycles. The number of carbonyl (C=O) groups excluding carboxylic acids is 2. The highest BCUT2D eigenvalue weighted by molar-refractivity contribution is 6.04. The second-order valence-corrected chi connectivity index (χ2v) is 6.90. The van der Waals surface area contributed by atoms with Gasteiger partial charge in [0.25, 0.3) is 5.91 Å². The van der Waals surface area contributed by atoms with E-state index in [1.807, 2.05) is 59.7 Å². The lowest BCUT2D eigenvalue weighted by Gasteiger charge is -2.30. The average molecular weight is 342 g/mol.